The maximum absolute atomic E-state index is 11.6. The zero-order chi connectivity index (χ0) is 14.4. The van der Waals surface area contributed by atoms with Crippen LogP contribution in [0, 0.1) is 11.3 Å². The van der Waals surface area contributed by atoms with Gasteiger partial charge in [-0.1, -0.05) is 6.07 Å². The van der Waals surface area contributed by atoms with Crippen molar-refractivity contribution in [2.24, 2.45) is 0 Å². The highest BCUT2D eigenvalue weighted by molar-refractivity contribution is 5.78. The molecule has 1 N–H and O–H groups in total. The van der Waals surface area contributed by atoms with Crippen molar-refractivity contribution in [3.05, 3.63) is 29.8 Å². The van der Waals surface area contributed by atoms with Gasteiger partial charge in [0.15, 0.2) is 0 Å². The quantitative estimate of drug-likeness (QED) is 0.809. The van der Waals surface area contributed by atoms with Crippen LogP contribution in [-0.4, -0.2) is 43.6 Å². The summed E-state index contributed by atoms with van der Waals surface area (Å²) >= 11 is 0. The third kappa shape index (κ3) is 4.90. The number of amides is 1. The second-order valence-corrected chi connectivity index (χ2v) is 5.07. The molecule has 1 fully saturated rings. The molecule has 1 aliphatic rings. The lowest BCUT2D eigenvalue weighted by Crippen LogP contribution is -2.37. The van der Waals surface area contributed by atoms with E-state index >= 15 is 0 Å². The van der Waals surface area contributed by atoms with E-state index in [0.717, 1.165) is 12.8 Å². The number of carbonyl (C=O) groups is 1. The van der Waals surface area contributed by atoms with E-state index in [-0.39, 0.29) is 5.91 Å². The van der Waals surface area contributed by atoms with Crippen molar-refractivity contribution in [2.45, 2.75) is 18.9 Å². The number of likely N-dealkylation sites (N-methyl/N-ethyl adjacent to an activating group) is 1. The SMILES string of the molecule is CN(CCOc1cccc(C#N)c1)CC(=O)NC1CC1. The summed E-state index contributed by atoms with van der Waals surface area (Å²) < 4.78 is 5.57. The number of nitriles is 1. The first-order valence-corrected chi connectivity index (χ1v) is 6.78. The van der Waals surface area contributed by atoms with Gasteiger partial charge < -0.3 is 10.1 Å². The Morgan fingerprint density at radius 2 is 2.35 bits per heavy atom. The van der Waals surface area contributed by atoms with Crippen LogP contribution in [0.15, 0.2) is 24.3 Å². The molecule has 1 aromatic carbocycles. The summed E-state index contributed by atoms with van der Waals surface area (Å²) in [6, 6.07) is 9.53. The van der Waals surface area contributed by atoms with Crippen molar-refractivity contribution in [1.29, 1.82) is 5.26 Å². The summed E-state index contributed by atoms with van der Waals surface area (Å²) in [5.41, 5.74) is 0.583. The zero-order valence-corrected chi connectivity index (χ0v) is 11.6. The zero-order valence-electron chi connectivity index (χ0n) is 11.6. The van der Waals surface area contributed by atoms with Gasteiger partial charge in [0, 0.05) is 12.6 Å². The fourth-order valence-corrected chi connectivity index (χ4v) is 1.80. The summed E-state index contributed by atoms with van der Waals surface area (Å²) in [5.74, 6) is 0.751. The highest BCUT2D eigenvalue weighted by Gasteiger charge is 2.23. The van der Waals surface area contributed by atoms with Gasteiger partial charge in [0.2, 0.25) is 5.91 Å². The lowest BCUT2D eigenvalue weighted by molar-refractivity contribution is -0.122. The minimum atomic E-state index is 0.0708. The highest BCUT2D eigenvalue weighted by Crippen LogP contribution is 2.18. The largest absolute Gasteiger partial charge is 0.492 e. The normalized spacial score (nSPS) is 13.8. The van der Waals surface area contributed by atoms with Gasteiger partial charge in [-0.2, -0.15) is 5.26 Å². The number of rotatable bonds is 7. The summed E-state index contributed by atoms with van der Waals surface area (Å²) in [7, 11) is 1.89. The van der Waals surface area contributed by atoms with Gasteiger partial charge in [0.25, 0.3) is 0 Å². The monoisotopic (exact) mass is 273 g/mol. The smallest absolute Gasteiger partial charge is 0.234 e. The first kappa shape index (κ1) is 14.4. The van der Waals surface area contributed by atoms with Crippen LogP contribution in [0.2, 0.25) is 0 Å². The summed E-state index contributed by atoms with van der Waals surface area (Å²) in [6.45, 7) is 1.54. The molecule has 0 atom stereocenters. The molecule has 20 heavy (non-hydrogen) atoms. The Balaban J connectivity index is 1.66. The van der Waals surface area contributed by atoms with Gasteiger partial charge in [0.1, 0.15) is 12.4 Å². The van der Waals surface area contributed by atoms with Crippen molar-refractivity contribution in [3.63, 3.8) is 0 Å². The number of hydrogen-bond acceptors (Lipinski definition) is 4. The van der Waals surface area contributed by atoms with E-state index in [2.05, 4.69) is 11.4 Å². The molecule has 1 amide bonds. The topological polar surface area (TPSA) is 65.4 Å². The Labute approximate surface area is 119 Å². The van der Waals surface area contributed by atoms with Crippen LogP contribution in [0.1, 0.15) is 18.4 Å². The molecule has 0 bridgehead atoms. The van der Waals surface area contributed by atoms with Gasteiger partial charge in [-0.3, -0.25) is 9.69 Å². The lowest BCUT2D eigenvalue weighted by Gasteiger charge is -2.16. The Morgan fingerprint density at radius 3 is 3.05 bits per heavy atom. The number of nitrogens with one attached hydrogen (secondary N) is 1. The first-order valence-electron chi connectivity index (χ1n) is 6.78. The molecule has 5 heteroatoms. The average Bonchev–Trinajstić information content (AvgIpc) is 3.22. The Hall–Kier alpha value is -2.06. The second kappa shape index (κ2) is 6.92. The molecule has 0 aliphatic heterocycles. The van der Waals surface area contributed by atoms with Crippen molar-refractivity contribution in [3.8, 4) is 11.8 Å². The Morgan fingerprint density at radius 1 is 1.55 bits per heavy atom. The van der Waals surface area contributed by atoms with E-state index in [1.165, 1.54) is 0 Å². The minimum Gasteiger partial charge on any atom is -0.492 e. The van der Waals surface area contributed by atoms with Crippen LogP contribution >= 0.6 is 0 Å². The fraction of sp³-hybridized carbons (Fsp3) is 0.467. The number of benzene rings is 1. The number of nitrogens with zero attached hydrogens (tertiary/aromatic N) is 2. The molecule has 0 spiro atoms. The second-order valence-electron chi connectivity index (χ2n) is 5.07. The third-order valence-corrected chi connectivity index (χ3v) is 3.06. The minimum absolute atomic E-state index is 0.0708. The molecule has 1 aliphatic carbocycles. The molecule has 0 saturated heterocycles. The van der Waals surface area contributed by atoms with Crippen molar-refractivity contribution in [2.75, 3.05) is 26.7 Å². The predicted molar refractivity (Wildman–Crippen MR) is 75.3 cm³/mol. The summed E-state index contributed by atoms with van der Waals surface area (Å²) in [4.78, 5) is 13.5. The highest BCUT2D eigenvalue weighted by atomic mass is 16.5. The average molecular weight is 273 g/mol. The maximum atomic E-state index is 11.6. The van der Waals surface area contributed by atoms with Crippen LogP contribution in [0.25, 0.3) is 0 Å². The molecule has 0 aromatic heterocycles. The van der Waals surface area contributed by atoms with Gasteiger partial charge in [0.05, 0.1) is 18.2 Å². The maximum Gasteiger partial charge on any atom is 0.234 e. The van der Waals surface area contributed by atoms with Gasteiger partial charge in [-0.05, 0) is 38.1 Å². The van der Waals surface area contributed by atoms with Crippen LogP contribution in [-0.2, 0) is 4.79 Å². The first-order chi connectivity index (χ1) is 9.67. The van der Waals surface area contributed by atoms with Gasteiger partial charge >= 0.3 is 0 Å². The molecule has 2 rings (SSSR count). The van der Waals surface area contributed by atoms with Crippen LogP contribution in [0.3, 0.4) is 0 Å². The third-order valence-electron chi connectivity index (χ3n) is 3.06. The fourth-order valence-electron chi connectivity index (χ4n) is 1.80. The van der Waals surface area contributed by atoms with Crippen molar-refractivity contribution in [1.82, 2.24) is 10.2 Å². The molecule has 1 saturated carbocycles. The van der Waals surface area contributed by atoms with Crippen LogP contribution < -0.4 is 10.1 Å². The van der Waals surface area contributed by atoms with Crippen LogP contribution in [0.5, 0.6) is 5.75 Å². The molecule has 1 aromatic rings. The molecular formula is C15H19N3O2. The number of ether oxygens (including phenoxy) is 1. The number of hydrogen-bond donors (Lipinski definition) is 1. The van der Waals surface area contributed by atoms with E-state index < -0.39 is 0 Å². The molecule has 106 valence electrons. The van der Waals surface area contributed by atoms with E-state index in [0.29, 0.717) is 37.1 Å². The molecule has 5 nitrogen and oxygen atoms in total. The molecular weight excluding hydrogens is 254 g/mol. The van der Waals surface area contributed by atoms with Crippen molar-refractivity contribution < 1.29 is 9.53 Å². The van der Waals surface area contributed by atoms with Crippen molar-refractivity contribution >= 4 is 5.91 Å². The van der Waals surface area contributed by atoms with E-state index in [1.807, 2.05) is 18.0 Å². The predicted octanol–water partition coefficient (Wildman–Crippen LogP) is 1.15. The summed E-state index contributed by atoms with van der Waals surface area (Å²) in [5, 5.41) is 11.7. The molecule has 0 heterocycles. The van der Waals surface area contributed by atoms with E-state index in [9.17, 15) is 4.79 Å². The van der Waals surface area contributed by atoms with Gasteiger partial charge in [-0.25, -0.2) is 0 Å². The molecule has 0 unspecified atom stereocenters. The van der Waals surface area contributed by atoms with E-state index in [4.69, 9.17) is 10.00 Å². The standard InChI is InChI=1S/C15H19N3O2/c1-18(11-15(19)17-13-5-6-13)7-8-20-14-4-2-3-12(9-14)10-16/h2-4,9,13H,5-8,11H2,1H3,(H,17,19). The molecule has 0 radical (unpaired) electrons. The van der Waals surface area contributed by atoms with Gasteiger partial charge in [-0.15, -0.1) is 0 Å². The Kier molecular flexibility index (Phi) is 4.97. The number of carbonyl (C=O) groups excluding carboxylic acids is 1. The van der Waals surface area contributed by atoms with Crippen LogP contribution in [0.4, 0.5) is 0 Å². The van der Waals surface area contributed by atoms with E-state index in [1.54, 1.807) is 18.2 Å². The lowest BCUT2D eigenvalue weighted by atomic mass is 10.2. The Bertz CT molecular complexity index is 506. The summed E-state index contributed by atoms with van der Waals surface area (Å²) in [6.07, 6.45) is 2.21.